The summed E-state index contributed by atoms with van der Waals surface area (Å²) in [5.74, 6) is 0.655. The number of benzene rings is 2. The Balaban J connectivity index is 1.28. The van der Waals surface area contributed by atoms with E-state index in [4.69, 9.17) is 24.5 Å². The summed E-state index contributed by atoms with van der Waals surface area (Å²) in [5, 5.41) is 28.2. The van der Waals surface area contributed by atoms with Gasteiger partial charge in [0.05, 0.1) is 53.4 Å². The van der Waals surface area contributed by atoms with E-state index < -0.39 is 11.8 Å². The summed E-state index contributed by atoms with van der Waals surface area (Å²) in [6.45, 7) is 7.14. The average Bonchev–Trinajstić information content (AvgIpc) is 3.86. The zero-order valence-electron chi connectivity index (χ0n) is 28.5. The fourth-order valence-corrected chi connectivity index (χ4v) is 8.86. The number of H-pyrrole nitrogens is 1. The van der Waals surface area contributed by atoms with Crippen molar-refractivity contribution in [1.82, 2.24) is 39.4 Å². The summed E-state index contributed by atoms with van der Waals surface area (Å²) in [7, 11) is 3.97. The van der Waals surface area contributed by atoms with Gasteiger partial charge in [-0.1, -0.05) is 25.1 Å². The number of nitrogens with zero attached hydrogens (tertiary/aromatic N) is 8. The van der Waals surface area contributed by atoms with Crippen molar-refractivity contribution >= 4 is 49.6 Å². The highest BCUT2D eigenvalue weighted by atomic mass is 19.1. The van der Waals surface area contributed by atoms with Gasteiger partial charge in [0.25, 0.3) is 0 Å². The van der Waals surface area contributed by atoms with Crippen LogP contribution in [-0.2, 0) is 25.3 Å². The van der Waals surface area contributed by atoms with Gasteiger partial charge >= 0.3 is 6.01 Å². The summed E-state index contributed by atoms with van der Waals surface area (Å²) < 4.78 is 30.9. The minimum absolute atomic E-state index is 0.228. The highest BCUT2D eigenvalue weighted by molar-refractivity contribution is 6.20. The molecule has 49 heavy (non-hydrogen) atoms. The molecule has 12 nitrogen and oxygen atoms in total. The largest absolute Gasteiger partial charge is 0.461 e. The number of aliphatic hydroxyl groups is 1. The first kappa shape index (κ1) is 30.7. The second kappa shape index (κ2) is 11.1. The number of rotatable bonds is 6. The van der Waals surface area contributed by atoms with Gasteiger partial charge in [-0.15, -0.1) is 0 Å². The smallest absolute Gasteiger partial charge is 0.320 e. The van der Waals surface area contributed by atoms with E-state index in [0.717, 1.165) is 75.2 Å². The van der Waals surface area contributed by atoms with Crippen molar-refractivity contribution in [2.24, 2.45) is 14.1 Å². The van der Waals surface area contributed by atoms with Gasteiger partial charge in [0, 0.05) is 44.6 Å². The lowest BCUT2D eigenvalue weighted by molar-refractivity contribution is -0.0123. The molecule has 4 aromatic heterocycles. The number of hydrogen-bond donors (Lipinski definition) is 2. The van der Waals surface area contributed by atoms with Crippen LogP contribution in [0.15, 0.2) is 30.5 Å². The molecule has 0 bridgehead atoms. The van der Waals surface area contributed by atoms with Gasteiger partial charge in [-0.05, 0) is 55.1 Å². The molecule has 7 heterocycles. The van der Waals surface area contributed by atoms with E-state index in [1.807, 2.05) is 25.0 Å². The molecule has 13 heteroatoms. The number of anilines is 1. The molecule has 2 N–H and O–H groups in total. The Kier molecular flexibility index (Phi) is 6.95. The number of hydrogen-bond acceptors (Lipinski definition) is 9. The molecule has 0 amide bonds. The first-order chi connectivity index (χ1) is 23.7. The Morgan fingerprint density at radius 3 is 2.90 bits per heavy atom. The molecule has 6 aromatic rings. The zero-order chi connectivity index (χ0) is 33.7. The van der Waals surface area contributed by atoms with E-state index in [-0.39, 0.29) is 18.2 Å². The standard InChI is InChI=1S/C36H42FN9O3/c1-5-21-8-6-9-22-14-25-24(16-38-41-25)27(26(21)22)29-31-30(44(4)42-29)28-32(43(31)3)39-34(40-33(28)45-12-13-48-19-35(2,47)18-45)49-20-36-10-7-11-46(36)17-23(37)15-36/h6,8-9,14,16,23,47H,5,7,10-13,15,17-20H2,1-4H3,(H,38,41)/t23-,35+,36+/m1/s1. The van der Waals surface area contributed by atoms with E-state index in [9.17, 15) is 9.50 Å². The van der Waals surface area contributed by atoms with Crippen LogP contribution in [0.3, 0.4) is 0 Å². The van der Waals surface area contributed by atoms with Crippen LogP contribution in [0, 0.1) is 0 Å². The fourth-order valence-electron chi connectivity index (χ4n) is 8.86. The second-order valence-corrected chi connectivity index (χ2v) is 14.5. The average molecular weight is 668 g/mol. The summed E-state index contributed by atoms with van der Waals surface area (Å²) >= 11 is 0. The van der Waals surface area contributed by atoms with E-state index in [0.29, 0.717) is 50.7 Å². The molecular weight excluding hydrogens is 625 g/mol. The molecule has 0 radical (unpaired) electrons. The predicted molar refractivity (Wildman–Crippen MR) is 187 cm³/mol. The lowest BCUT2D eigenvalue weighted by Crippen LogP contribution is -2.44. The van der Waals surface area contributed by atoms with E-state index in [1.54, 1.807) is 6.92 Å². The predicted octanol–water partition coefficient (Wildman–Crippen LogP) is 4.66. The SMILES string of the molecule is CCc1cccc2cc3[nH]ncc3c(-c3nn(C)c4c5c(N6CCOC[C@@](C)(O)C6)nc(OC[C@@]67CCCN6C[C@H](F)C7)nc5n(C)c34)c12. The number of alkyl halides is 1. The molecule has 3 aliphatic rings. The maximum absolute atomic E-state index is 14.6. The molecule has 256 valence electrons. The summed E-state index contributed by atoms with van der Waals surface area (Å²) in [6, 6.07) is 8.82. The molecular formula is C36H42FN9O3. The van der Waals surface area contributed by atoms with Gasteiger partial charge in [-0.3, -0.25) is 14.7 Å². The van der Waals surface area contributed by atoms with E-state index in [1.165, 1.54) is 5.56 Å². The van der Waals surface area contributed by atoms with Crippen LogP contribution in [0.4, 0.5) is 10.2 Å². The van der Waals surface area contributed by atoms with Crippen LogP contribution in [0.1, 0.15) is 38.7 Å². The third-order valence-electron chi connectivity index (χ3n) is 11.0. The first-order valence-electron chi connectivity index (χ1n) is 17.3. The molecule has 3 fully saturated rings. The van der Waals surface area contributed by atoms with Crippen LogP contribution < -0.4 is 9.64 Å². The molecule has 2 aromatic carbocycles. The van der Waals surface area contributed by atoms with Crippen molar-refractivity contribution in [1.29, 1.82) is 0 Å². The molecule has 3 aliphatic heterocycles. The Labute approximate surface area is 282 Å². The Bertz CT molecular complexity index is 2260. The van der Waals surface area contributed by atoms with E-state index >= 15 is 0 Å². The van der Waals surface area contributed by atoms with Crippen LogP contribution in [-0.4, -0.2) is 108 Å². The normalized spacial score (nSPS) is 24.9. The number of aryl methyl sites for hydroxylation is 3. The third kappa shape index (κ3) is 4.73. The minimum atomic E-state index is -1.09. The minimum Gasteiger partial charge on any atom is -0.461 e. The van der Waals surface area contributed by atoms with Crippen molar-refractivity contribution in [3.8, 4) is 17.3 Å². The zero-order valence-corrected chi connectivity index (χ0v) is 28.5. The summed E-state index contributed by atoms with van der Waals surface area (Å²) in [4.78, 5) is 14.4. The second-order valence-electron chi connectivity index (χ2n) is 14.5. The van der Waals surface area contributed by atoms with Crippen LogP contribution in [0.25, 0.3) is 55.0 Å². The number of aromatic amines is 1. The third-order valence-corrected chi connectivity index (χ3v) is 11.0. The van der Waals surface area contributed by atoms with Gasteiger partial charge in [-0.2, -0.15) is 20.2 Å². The molecule has 0 unspecified atom stereocenters. The molecule has 0 aliphatic carbocycles. The Morgan fingerprint density at radius 1 is 1.16 bits per heavy atom. The first-order valence-corrected chi connectivity index (χ1v) is 17.3. The Morgan fingerprint density at radius 2 is 2.04 bits per heavy atom. The van der Waals surface area contributed by atoms with E-state index in [2.05, 4.69) is 55.8 Å². The summed E-state index contributed by atoms with van der Waals surface area (Å²) in [6.07, 6.45) is 4.29. The quantitative estimate of drug-likeness (QED) is 0.261. The Hall–Kier alpha value is -4.33. The number of aromatic nitrogens is 7. The molecule has 3 atom stereocenters. The number of ether oxygens (including phenoxy) is 2. The highest BCUT2D eigenvalue weighted by Gasteiger charge is 2.49. The number of β-amino-alcohol motifs (C(OH)–C–C–N with tert-alkyl or cyclic N) is 1. The summed E-state index contributed by atoms with van der Waals surface area (Å²) in [5.41, 5.74) is 5.11. The molecule has 0 spiro atoms. The molecule has 9 rings (SSSR count). The van der Waals surface area contributed by atoms with Crippen molar-refractivity contribution < 1.29 is 19.0 Å². The van der Waals surface area contributed by atoms with Crippen LogP contribution in [0.2, 0.25) is 0 Å². The van der Waals surface area contributed by atoms with Gasteiger partial charge in [0.15, 0.2) is 5.65 Å². The van der Waals surface area contributed by atoms with Gasteiger partial charge in [0.1, 0.15) is 29.9 Å². The monoisotopic (exact) mass is 667 g/mol. The van der Waals surface area contributed by atoms with Crippen molar-refractivity contribution in [2.75, 3.05) is 50.9 Å². The number of fused-ring (bicyclic) bond motifs is 6. The van der Waals surface area contributed by atoms with Crippen LogP contribution in [0.5, 0.6) is 6.01 Å². The van der Waals surface area contributed by atoms with Crippen molar-refractivity contribution in [3.05, 3.63) is 36.0 Å². The molecule has 3 saturated heterocycles. The maximum atomic E-state index is 14.6. The van der Waals surface area contributed by atoms with Crippen molar-refractivity contribution in [2.45, 2.75) is 56.8 Å². The molecule has 0 saturated carbocycles. The van der Waals surface area contributed by atoms with Gasteiger partial charge in [-0.25, -0.2) is 4.39 Å². The highest BCUT2D eigenvalue weighted by Crippen LogP contribution is 2.45. The number of nitrogens with one attached hydrogen (secondary N) is 1. The number of halogens is 1. The lowest BCUT2D eigenvalue weighted by atomic mass is 9.93. The fraction of sp³-hybridized carbons (Fsp3) is 0.500. The van der Waals surface area contributed by atoms with Crippen molar-refractivity contribution in [3.63, 3.8) is 0 Å². The topological polar surface area (TPSA) is 122 Å². The van der Waals surface area contributed by atoms with Gasteiger partial charge < -0.3 is 24.0 Å². The lowest BCUT2D eigenvalue weighted by Gasteiger charge is -2.31. The van der Waals surface area contributed by atoms with Gasteiger partial charge in [0.2, 0.25) is 0 Å². The maximum Gasteiger partial charge on any atom is 0.320 e. The van der Waals surface area contributed by atoms with Crippen LogP contribution >= 0.6 is 0 Å².